The van der Waals surface area contributed by atoms with E-state index in [1.807, 2.05) is 24.3 Å². The number of amides is 1. The minimum atomic E-state index is -4.74. The Morgan fingerprint density at radius 1 is 1.02 bits per heavy atom. The Labute approximate surface area is 255 Å². The molecule has 9 nitrogen and oxygen atoms in total. The first kappa shape index (κ1) is 32.0. The van der Waals surface area contributed by atoms with Gasteiger partial charge in [-0.25, -0.2) is 4.98 Å². The van der Waals surface area contributed by atoms with Crippen LogP contribution in [-0.4, -0.2) is 63.6 Å². The van der Waals surface area contributed by atoms with Crippen LogP contribution in [0.1, 0.15) is 18.4 Å². The van der Waals surface area contributed by atoms with E-state index in [1.54, 1.807) is 13.3 Å². The Hall–Kier alpha value is -3.90. The molecule has 1 aromatic heterocycles. The summed E-state index contributed by atoms with van der Waals surface area (Å²) in [6, 6.07) is 15.5. The van der Waals surface area contributed by atoms with Crippen molar-refractivity contribution in [3.63, 3.8) is 0 Å². The lowest BCUT2D eigenvalue weighted by Crippen LogP contribution is -2.43. The van der Waals surface area contributed by atoms with Gasteiger partial charge in [-0.2, -0.15) is 0 Å². The summed E-state index contributed by atoms with van der Waals surface area (Å²) in [6.07, 6.45) is -1.38. The number of hydrogen-bond donors (Lipinski definition) is 3. The van der Waals surface area contributed by atoms with Gasteiger partial charge < -0.3 is 35.2 Å². The van der Waals surface area contributed by atoms with Crippen LogP contribution in [0.25, 0.3) is 0 Å². The molecule has 3 N–H and O–H groups in total. The van der Waals surface area contributed by atoms with Crippen molar-refractivity contribution in [1.29, 1.82) is 0 Å². The second-order valence-electron chi connectivity index (χ2n) is 10.3. The first-order chi connectivity index (χ1) is 20.3. The minimum absolute atomic E-state index is 0. The van der Waals surface area contributed by atoms with E-state index in [4.69, 9.17) is 4.74 Å². The Morgan fingerprint density at radius 2 is 1.77 bits per heavy atom. The first-order valence-electron chi connectivity index (χ1n) is 14.0. The number of alkyl halides is 3. The van der Waals surface area contributed by atoms with Crippen molar-refractivity contribution in [3.8, 4) is 11.5 Å². The second-order valence-corrected chi connectivity index (χ2v) is 10.3. The number of ether oxygens (including phenoxy) is 2. The summed E-state index contributed by atoms with van der Waals surface area (Å²) in [6.45, 7) is 5.39. The number of hydrogen-bond acceptors (Lipinski definition) is 8. The number of anilines is 4. The van der Waals surface area contributed by atoms with Gasteiger partial charge in [0.05, 0.1) is 18.7 Å². The van der Waals surface area contributed by atoms with E-state index < -0.39 is 6.36 Å². The lowest BCUT2D eigenvalue weighted by atomic mass is 9.96. The molecule has 5 rings (SSSR count). The van der Waals surface area contributed by atoms with Gasteiger partial charge in [0.2, 0.25) is 5.91 Å². The highest BCUT2D eigenvalue weighted by Crippen LogP contribution is 2.33. The standard InChI is InChI=1S/C30H35F3N6O3.ClH/c1-41-27-17-23(38-15-12-34-13-16-38)6-9-26(27)37-28-18-24(10-11-35-28)39-14-2-3-22(20-39)29(40)36-19-21-4-7-25(8-5-21)42-30(31,32)33;/h4-11,17-18,22,34H,2-3,12-16,19-20H2,1H3,(H,35,37)(H,36,40);1H/t22-;/m1./s1. The highest BCUT2D eigenvalue weighted by molar-refractivity contribution is 5.85. The van der Waals surface area contributed by atoms with Crippen LogP contribution in [0, 0.1) is 5.92 Å². The molecule has 3 heterocycles. The van der Waals surface area contributed by atoms with Crippen LogP contribution in [0.5, 0.6) is 11.5 Å². The predicted molar refractivity (Wildman–Crippen MR) is 163 cm³/mol. The van der Waals surface area contributed by atoms with Gasteiger partial charge in [-0.3, -0.25) is 4.79 Å². The number of aromatic nitrogens is 1. The number of halogens is 4. The SMILES string of the molecule is COc1cc(N2CCNCC2)ccc1Nc1cc(N2CCC[C@@H](C(=O)NCc3ccc(OC(F)(F)F)cc3)C2)ccn1.Cl. The van der Waals surface area contributed by atoms with Gasteiger partial charge in [0.25, 0.3) is 0 Å². The van der Waals surface area contributed by atoms with Crippen LogP contribution in [0.15, 0.2) is 60.8 Å². The molecule has 3 aromatic rings. The van der Waals surface area contributed by atoms with E-state index in [1.165, 1.54) is 24.3 Å². The monoisotopic (exact) mass is 620 g/mol. The molecule has 0 saturated carbocycles. The maximum absolute atomic E-state index is 13.0. The van der Waals surface area contributed by atoms with E-state index in [9.17, 15) is 18.0 Å². The van der Waals surface area contributed by atoms with Crippen molar-refractivity contribution < 1.29 is 27.4 Å². The average Bonchev–Trinajstić information content (AvgIpc) is 3.00. The molecule has 0 bridgehead atoms. The maximum Gasteiger partial charge on any atom is 0.573 e. The normalized spacial score (nSPS) is 17.1. The number of piperazine rings is 1. The molecule has 0 aliphatic carbocycles. The summed E-state index contributed by atoms with van der Waals surface area (Å²) in [5.41, 5.74) is 3.58. The molecule has 0 spiro atoms. The van der Waals surface area contributed by atoms with Crippen molar-refractivity contribution >= 4 is 41.2 Å². The number of nitrogens with one attached hydrogen (secondary N) is 3. The van der Waals surface area contributed by atoms with Crippen LogP contribution >= 0.6 is 12.4 Å². The number of rotatable bonds is 9. The van der Waals surface area contributed by atoms with Gasteiger partial charge in [0, 0.05) is 75.5 Å². The van der Waals surface area contributed by atoms with Crippen LogP contribution in [0.2, 0.25) is 0 Å². The fraction of sp³-hybridized carbons (Fsp3) is 0.400. The molecule has 13 heteroatoms. The van der Waals surface area contributed by atoms with E-state index in [0.717, 1.165) is 68.4 Å². The first-order valence-corrected chi connectivity index (χ1v) is 14.0. The minimum Gasteiger partial charge on any atom is -0.494 e. The number of nitrogens with zero attached hydrogens (tertiary/aromatic N) is 3. The Bertz CT molecular complexity index is 1360. The Balaban J connectivity index is 0.00000423. The maximum atomic E-state index is 13.0. The van der Waals surface area contributed by atoms with Crippen LogP contribution in [-0.2, 0) is 11.3 Å². The summed E-state index contributed by atoms with van der Waals surface area (Å²) < 4.78 is 46.7. The van der Waals surface area contributed by atoms with Crippen molar-refractivity contribution in [2.24, 2.45) is 5.92 Å². The zero-order valence-electron chi connectivity index (χ0n) is 23.8. The molecule has 2 saturated heterocycles. The number of benzene rings is 2. The Morgan fingerprint density at radius 3 is 2.49 bits per heavy atom. The van der Waals surface area contributed by atoms with Gasteiger partial charge in [-0.1, -0.05) is 12.1 Å². The smallest absolute Gasteiger partial charge is 0.494 e. The lowest BCUT2D eigenvalue weighted by Gasteiger charge is -2.34. The molecule has 0 radical (unpaired) electrons. The lowest BCUT2D eigenvalue weighted by molar-refractivity contribution is -0.274. The van der Waals surface area contributed by atoms with E-state index in [2.05, 4.69) is 41.5 Å². The van der Waals surface area contributed by atoms with Gasteiger partial charge in [0.1, 0.15) is 17.3 Å². The van der Waals surface area contributed by atoms with Crippen molar-refractivity contribution in [2.75, 3.05) is 61.5 Å². The molecule has 0 unspecified atom stereocenters. The van der Waals surface area contributed by atoms with Gasteiger partial charge in [-0.15, -0.1) is 25.6 Å². The zero-order valence-corrected chi connectivity index (χ0v) is 24.6. The third-order valence-electron chi connectivity index (χ3n) is 7.45. The number of carbonyl (C=O) groups is 1. The molecule has 1 atom stereocenters. The largest absolute Gasteiger partial charge is 0.573 e. The fourth-order valence-corrected chi connectivity index (χ4v) is 5.29. The summed E-state index contributed by atoms with van der Waals surface area (Å²) in [5.74, 6) is 0.809. The molecule has 1 amide bonds. The van der Waals surface area contributed by atoms with Gasteiger partial charge in [0.15, 0.2) is 0 Å². The highest BCUT2D eigenvalue weighted by atomic mass is 35.5. The van der Waals surface area contributed by atoms with Crippen LogP contribution < -0.4 is 35.2 Å². The molecule has 2 aromatic carbocycles. The van der Waals surface area contributed by atoms with E-state index >= 15 is 0 Å². The summed E-state index contributed by atoms with van der Waals surface area (Å²) in [4.78, 5) is 22.0. The molecule has 2 fully saturated rings. The molecular formula is C30H36ClF3N6O3. The number of carbonyl (C=O) groups excluding carboxylic acids is 1. The number of pyridine rings is 1. The molecule has 2 aliphatic rings. The third-order valence-corrected chi connectivity index (χ3v) is 7.45. The quantitative estimate of drug-likeness (QED) is 0.305. The van der Waals surface area contributed by atoms with Crippen LogP contribution in [0.3, 0.4) is 0 Å². The number of methoxy groups -OCH3 is 1. The van der Waals surface area contributed by atoms with Crippen molar-refractivity contribution in [2.45, 2.75) is 25.7 Å². The summed E-state index contributed by atoms with van der Waals surface area (Å²) in [7, 11) is 1.65. The van der Waals surface area contributed by atoms with Crippen molar-refractivity contribution in [3.05, 3.63) is 66.4 Å². The predicted octanol–water partition coefficient (Wildman–Crippen LogP) is 5.10. The summed E-state index contributed by atoms with van der Waals surface area (Å²) >= 11 is 0. The molecular weight excluding hydrogens is 585 g/mol. The summed E-state index contributed by atoms with van der Waals surface area (Å²) in [5, 5.41) is 9.66. The van der Waals surface area contributed by atoms with Gasteiger partial charge >= 0.3 is 6.36 Å². The second kappa shape index (κ2) is 14.5. The van der Waals surface area contributed by atoms with E-state index in [-0.39, 0.29) is 36.5 Å². The highest BCUT2D eigenvalue weighted by Gasteiger charge is 2.31. The molecule has 232 valence electrons. The van der Waals surface area contributed by atoms with Crippen LogP contribution in [0.4, 0.5) is 36.1 Å². The van der Waals surface area contributed by atoms with E-state index in [0.29, 0.717) is 17.9 Å². The molecule has 2 aliphatic heterocycles. The van der Waals surface area contributed by atoms with Gasteiger partial charge in [-0.05, 0) is 48.7 Å². The number of piperidine rings is 1. The Kier molecular flexibility index (Phi) is 10.8. The molecule has 43 heavy (non-hydrogen) atoms. The topological polar surface area (TPSA) is 91.0 Å². The zero-order chi connectivity index (χ0) is 29.5. The fourth-order valence-electron chi connectivity index (χ4n) is 5.29. The average molecular weight is 621 g/mol. The third kappa shape index (κ3) is 8.80. The van der Waals surface area contributed by atoms with Crippen molar-refractivity contribution in [1.82, 2.24) is 15.6 Å².